The normalized spacial score (nSPS) is 10.3. The van der Waals surface area contributed by atoms with Gasteiger partial charge >= 0.3 is 5.97 Å². The molecule has 0 amide bonds. The summed E-state index contributed by atoms with van der Waals surface area (Å²) in [7, 11) is 1.45. The molecule has 3 nitrogen and oxygen atoms in total. The van der Waals surface area contributed by atoms with E-state index in [4.69, 9.17) is 9.84 Å². The van der Waals surface area contributed by atoms with Crippen LogP contribution < -0.4 is 4.74 Å². The van der Waals surface area contributed by atoms with E-state index in [0.29, 0.717) is 22.4 Å². The first-order valence-corrected chi connectivity index (χ1v) is 5.71. The third-order valence-electron chi connectivity index (χ3n) is 2.93. The summed E-state index contributed by atoms with van der Waals surface area (Å²) in [6, 6.07) is 9.37. The quantitative estimate of drug-likeness (QED) is 0.918. The highest BCUT2D eigenvalue weighted by Gasteiger charge is 2.11. The predicted octanol–water partition coefficient (Wildman–Crippen LogP) is 3.51. The molecule has 1 N–H and O–H groups in total. The summed E-state index contributed by atoms with van der Waals surface area (Å²) in [6.07, 6.45) is 0. The number of aryl methyl sites for hydroxylation is 1. The molecule has 2 aromatic rings. The molecule has 0 unspecified atom stereocenters. The van der Waals surface area contributed by atoms with E-state index in [1.807, 2.05) is 0 Å². The maximum absolute atomic E-state index is 13.6. The van der Waals surface area contributed by atoms with Gasteiger partial charge in [0.15, 0.2) is 0 Å². The number of rotatable bonds is 3. The molecule has 0 saturated heterocycles. The average molecular weight is 260 g/mol. The molecule has 0 saturated carbocycles. The fraction of sp³-hybridized carbons (Fsp3) is 0.133. The van der Waals surface area contributed by atoms with Gasteiger partial charge in [0.25, 0.3) is 0 Å². The molecule has 19 heavy (non-hydrogen) atoms. The average Bonchev–Trinajstić information content (AvgIpc) is 2.41. The lowest BCUT2D eigenvalue weighted by Crippen LogP contribution is -1.98. The number of aromatic carboxylic acids is 1. The minimum absolute atomic E-state index is 0.133. The van der Waals surface area contributed by atoms with Gasteiger partial charge in [0.05, 0.1) is 12.7 Å². The van der Waals surface area contributed by atoms with Crippen LogP contribution in [0.1, 0.15) is 15.9 Å². The maximum atomic E-state index is 13.6. The van der Waals surface area contributed by atoms with Crippen LogP contribution >= 0.6 is 0 Å². The van der Waals surface area contributed by atoms with Crippen LogP contribution in [0.25, 0.3) is 11.1 Å². The molecular weight excluding hydrogens is 247 g/mol. The van der Waals surface area contributed by atoms with E-state index in [1.165, 1.54) is 25.3 Å². The van der Waals surface area contributed by atoms with Crippen molar-refractivity contribution >= 4 is 5.97 Å². The molecule has 98 valence electrons. The first-order valence-electron chi connectivity index (χ1n) is 5.71. The van der Waals surface area contributed by atoms with E-state index >= 15 is 0 Å². The zero-order valence-corrected chi connectivity index (χ0v) is 10.6. The van der Waals surface area contributed by atoms with Gasteiger partial charge in [0, 0.05) is 5.56 Å². The summed E-state index contributed by atoms with van der Waals surface area (Å²) in [5.74, 6) is -0.926. The van der Waals surface area contributed by atoms with Crippen LogP contribution in [0, 0.1) is 12.7 Å². The lowest BCUT2D eigenvalue weighted by molar-refractivity contribution is 0.0696. The number of carboxylic acids is 1. The topological polar surface area (TPSA) is 46.5 Å². The smallest absolute Gasteiger partial charge is 0.335 e. The van der Waals surface area contributed by atoms with E-state index in [-0.39, 0.29) is 11.4 Å². The Hall–Kier alpha value is -2.36. The fourth-order valence-corrected chi connectivity index (χ4v) is 1.82. The Morgan fingerprint density at radius 2 is 1.95 bits per heavy atom. The van der Waals surface area contributed by atoms with Crippen molar-refractivity contribution in [3.8, 4) is 16.9 Å². The Morgan fingerprint density at radius 3 is 2.53 bits per heavy atom. The van der Waals surface area contributed by atoms with Crippen molar-refractivity contribution in [3.05, 3.63) is 53.3 Å². The van der Waals surface area contributed by atoms with E-state index in [1.54, 1.807) is 25.1 Å². The van der Waals surface area contributed by atoms with Crippen molar-refractivity contribution < 1.29 is 19.0 Å². The molecule has 0 bridgehead atoms. The minimum Gasteiger partial charge on any atom is -0.496 e. The van der Waals surface area contributed by atoms with Gasteiger partial charge in [0.1, 0.15) is 11.6 Å². The molecule has 0 spiro atoms. The lowest BCUT2D eigenvalue weighted by atomic mass is 10.0. The van der Waals surface area contributed by atoms with Crippen molar-refractivity contribution in [2.45, 2.75) is 6.92 Å². The number of hydrogen-bond donors (Lipinski definition) is 1. The van der Waals surface area contributed by atoms with Crippen molar-refractivity contribution in [1.82, 2.24) is 0 Å². The number of hydrogen-bond acceptors (Lipinski definition) is 2. The van der Waals surface area contributed by atoms with Crippen molar-refractivity contribution in [2.24, 2.45) is 0 Å². The monoisotopic (exact) mass is 260 g/mol. The molecule has 0 heterocycles. The molecule has 2 aromatic carbocycles. The van der Waals surface area contributed by atoms with Crippen molar-refractivity contribution in [1.29, 1.82) is 0 Å². The Balaban J connectivity index is 2.55. The second-order valence-corrected chi connectivity index (χ2v) is 4.18. The molecular formula is C15H13FO3. The second-order valence-electron chi connectivity index (χ2n) is 4.18. The predicted molar refractivity (Wildman–Crippen MR) is 70.1 cm³/mol. The summed E-state index contributed by atoms with van der Waals surface area (Å²) in [4.78, 5) is 10.9. The van der Waals surface area contributed by atoms with Gasteiger partial charge in [-0.05, 0) is 42.3 Å². The van der Waals surface area contributed by atoms with Gasteiger partial charge in [0.2, 0.25) is 0 Å². The van der Waals surface area contributed by atoms with Gasteiger partial charge in [-0.15, -0.1) is 0 Å². The van der Waals surface area contributed by atoms with Gasteiger partial charge in [-0.25, -0.2) is 9.18 Å². The van der Waals surface area contributed by atoms with Crippen LogP contribution in [-0.4, -0.2) is 18.2 Å². The Labute approximate surface area is 110 Å². The molecule has 0 atom stereocenters. The molecule has 0 aromatic heterocycles. The zero-order valence-electron chi connectivity index (χ0n) is 10.6. The summed E-state index contributed by atoms with van der Waals surface area (Å²) < 4.78 is 18.7. The fourth-order valence-electron chi connectivity index (χ4n) is 1.82. The lowest BCUT2D eigenvalue weighted by Gasteiger charge is -2.10. The number of methoxy groups -OCH3 is 1. The van der Waals surface area contributed by atoms with E-state index in [0.717, 1.165) is 0 Å². The Kier molecular flexibility index (Phi) is 3.51. The van der Waals surface area contributed by atoms with Crippen LogP contribution in [0.2, 0.25) is 0 Å². The second kappa shape index (κ2) is 5.10. The molecule has 0 radical (unpaired) electrons. The highest BCUT2D eigenvalue weighted by Crippen LogP contribution is 2.31. The minimum atomic E-state index is -1.03. The Bertz CT molecular complexity index is 635. The third kappa shape index (κ3) is 2.57. The van der Waals surface area contributed by atoms with Gasteiger partial charge in [-0.3, -0.25) is 0 Å². The number of benzene rings is 2. The van der Waals surface area contributed by atoms with Gasteiger partial charge in [-0.1, -0.05) is 12.1 Å². The molecule has 2 rings (SSSR count). The Morgan fingerprint density at radius 1 is 1.21 bits per heavy atom. The number of carbonyl (C=O) groups is 1. The number of halogens is 1. The standard InChI is InChI=1S/C15H13FO3/c1-9-3-4-10(7-13(9)16)12-6-5-11(15(17)18)8-14(12)19-2/h3-8H,1-2H3,(H,17,18). The van der Waals surface area contributed by atoms with Crippen molar-refractivity contribution in [3.63, 3.8) is 0 Å². The van der Waals surface area contributed by atoms with Gasteiger partial charge in [-0.2, -0.15) is 0 Å². The third-order valence-corrected chi connectivity index (χ3v) is 2.93. The van der Waals surface area contributed by atoms with E-state index < -0.39 is 5.97 Å². The van der Waals surface area contributed by atoms with Crippen molar-refractivity contribution in [2.75, 3.05) is 7.11 Å². The number of ether oxygens (including phenoxy) is 1. The first-order chi connectivity index (χ1) is 9.02. The molecule has 0 fully saturated rings. The molecule has 4 heteroatoms. The summed E-state index contributed by atoms with van der Waals surface area (Å²) >= 11 is 0. The molecule has 0 aliphatic rings. The largest absolute Gasteiger partial charge is 0.496 e. The van der Waals surface area contributed by atoms with Crippen LogP contribution in [0.3, 0.4) is 0 Å². The molecule has 0 aliphatic heterocycles. The van der Waals surface area contributed by atoms with Crippen LogP contribution in [0.15, 0.2) is 36.4 Å². The summed E-state index contributed by atoms with van der Waals surface area (Å²) in [5, 5.41) is 8.93. The maximum Gasteiger partial charge on any atom is 0.335 e. The van der Waals surface area contributed by atoms with Crippen LogP contribution in [-0.2, 0) is 0 Å². The van der Waals surface area contributed by atoms with E-state index in [2.05, 4.69) is 0 Å². The highest BCUT2D eigenvalue weighted by molar-refractivity contribution is 5.89. The van der Waals surface area contributed by atoms with E-state index in [9.17, 15) is 9.18 Å². The number of carboxylic acid groups (broad SMARTS) is 1. The van der Waals surface area contributed by atoms with Crippen LogP contribution in [0.5, 0.6) is 5.75 Å². The summed E-state index contributed by atoms with van der Waals surface area (Å²) in [5.41, 5.74) is 2.00. The molecule has 0 aliphatic carbocycles. The van der Waals surface area contributed by atoms with Gasteiger partial charge < -0.3 is 9.84 Å². The first kappa shape index (κ1) is 13.1. The zero-order chi connectivity index (χ0) is 14.0. The highest BCUT2D eigenvalue weighted by atomic mass is 19.1. The summed E-state index contributed by atoms with van der Waals surface area (Å²) in [6.45, 7) is 1.68. The van der Waals surface area contributed by atoms with Crippen LogP contribution in [0.4, 0.5) is 4.39 Å². The SMILES string of the molecule is COc1cc(C(=O)O)ccc1-c1ccc(C)c(F)c1.